The molecule has 0 saturated carbocycles. The predicted molar refractivity (Wildman–Crippen MR) is 83.2 cm³/mol. The summed E-state index contributed by atoms with van der Waals surface area (Å²) in [5.41, 5.74) is 2.28. The SMILES string of the molecule is Cc1cc(=O)c2ccccc2n1C[C@@H]1CCCN(C)C1. The highest BCUT2D eigenvalue weighted by Crippen LogP contribution is 2.20. The first-order valence-corrected chi connectivity index (χ1v) is 7.43. The van der Waals surface area contributed by atoms with Gasteiger partial charge in [0, 0.05) is 30.2 Å². The number of piperidine rings is 1. The summed E-state index contributed by atoms with van der Waals surface area (Å²) in [5.74, 6) is 0.679. The molecule has 0 aliphatic carbocycles. The predicted octanol–water partition coefficient (Wildman–Crippen LogP) is 2.65. The van der Waals surface area contributed by atoms with Gasteiger partial charge in [-0.25, -0.2) is 0 Å². The first-order valence-electron chi connectivity index (χ1n) is 7.43. The average Bonchev–Trinajstić information content (AvgIpc) is 2.43. The Kier molecular flexibility index (Phi) is 3.62. The van der Waals surface area contributed by atoms with Crippen molar-refractivity contribution in [1.29, 1.82) is 0 Å². The summed E-state index contributed by atoms with van der Waals surface area (Å²) < 4.78 is 2.32. The van der Waals surface area contributed by atoms with Crippen molar-refractivity contribution >= 4 is 10.9 Å². The fraction of sp³-hybridized carbons (Fsp3) is 0.471. The lowest BCUT2D eigenvalue weighted by Gasteiger charge is -2.31. The third-order valence-electron chi connectivity index (χ3n) is 4.39. The van der Waals surface area contributed by atoms with Gasteiger partial charge in [-0.1, -0.05) is 12.1 Å². The molecule has 2 heterocycles. The normalized spacial score (nSPS) is 20.4. The summed E-state index contributed by atoms with van der Waals surface area (Å²) in [4.78, 5) is 14.5. The van der Waals surface area contributed by atoms with Crippen LogP contribution >= 0.6 is 0 Å². The van der Waals surface area contributed by atoms with E-state index in [9.17, 15) is 4.79 Å². The largest absolute Gasteiger partial charge is 0.344 e. The molecular formula is C17H22N2O. The molecule has 1 saturated heterocycles. The lowest BCUT2D eigenvalue weighted by Crippen LogP contribution is -2.34. The molecule has 1 aliphatic rings. The zero-order valence-electron chi connectivity index (χ0n) is 12.3. The fourth-order valence-corrected chi connectivity index (χ4v) is 3.38. The molecule has 0 unspecified atom stereocenters. The van der Waals surface area contributed by atoms with E-state index in [4.69, 9.17) is 0 Å². The molecule has 1 atom stereocenters. The second kappa shape index (κ2) is 5.41. The summed E-state index contributed by atoms with van der Waals surface area (Å²) in [6, 6.07) is 9.73. The van der Waals surface area contributed by atoms with Crippen LogP contribution in [0.25, 0.3) is 10.9 Å². The number of likely N-dealkylation sites (tertiary alicyclic amines) is 1. The maximum Gasteiger partial charge on any atom is 0.189 e. The van der Waals surface area contributed by atoms with Gasteiger partial charge in [0.2, 0.25) is 0 Å². The Labute approximate surface area is 119 Å². The number of aromatic nitrogens is 1. The summed E-state index contributed by atoms with van der Waals surface area (Å²) in [7, 11) is 2.20. The van der Waals surface area contributed by atoms with Gasteiger partial charge in [0.1, 0.15) is 0 Å². The fourth-order valence-electron chi connectivity index (χ4n) is 3.38. The van der Waals surface area contributed by atoms with Gasteiger partial charge in [0.05, 0.1) is 5.52 Å². The highest BCUT2D eigenvalue weighted by atomic mass is 16.1. The number of nitrogens with zero attached hydrogens (tertiary/aromatic N) is 2. The molecule has 0 bridgehead atoms. The molecule has 106 valence electrons. The minimum absolute atomic E-state index is 0.134. The molecule has 3 heteroatoms. The number of pyridine rings is 1. The van der Waals surface area contributed by atoms with Crippen LogP contribution in [0.2, 0.25) is 0 Å². The number of para-hydroxylation sites is 1. The molecule has 0 radical (unpaired) electrons. The first kappa shape index (κ1) is 13.4. The number of hydrogen-bond donors (Lipinski definition) is 0. The summed E-state index contributed by atoms with van der Waals surface area (Å²) in [6.45, 7) is 5.41. The molecule has 0 amide bonds. The number of rotatable bonds is 2. The van der Waals surface area contributed by atoms with Gasteiger partial charge in [0.25, 0.3) is 0 Å². The van der Waals surface area contributed by atoms with E-state index in [0.717, 1.165) is 29.7 Å². The van der Waals surface area contributed by atoms with Crippen LogP contribution in [0.4, 0.5) is 0 Å². The van der Waals surface area contributed by atoms with E-state index in [0.29, 0.717) is 5.92 Å². The topological polar surface area (TPSA) is 25.2 Å². The number of hydrogen-bond acceptors (Lipinski definition) is 2. The van der Waals surface area contributed by atoms with Crippen molar-refractivity contribution in [3.63, 3.8) is 0 Å². The number of aryl methyl sites for hydroxylation is 1. The van der Waals surface area contributed by atoms with Crippen LogP contribution in [0, 0.1) is 12.8 Å². The van der Waals surface area contributed by atoms with Crippen molar-refractivity contribution < 1.29 is 0 Å². The van der Waals surface area contributed by atoms with Crippen molar-refractivity contribution in [1.82, 2.24) is 9.47 Å². The van der Waals surface area contributed by atoms with Gasteiger partial charge < -0.3 is 9.47 Å². The van der Waals surface area contributed by atoms with E-state index in [1.54, 1.807) is 6.07 Å². The van der Waals surface area contributed by atoms with Crippen LogP contribution in [0.3, 0.4) is 0 Å². The Morgan fingerprint density at radius 1 is 1.30 bits per heavy atom. The molecule has 1 aliphatic heterocycles. The van der Waals surface area contributed by atoms with Crippen molar-refractivity contribution in [2.45, 2.75) is 26.3 Å². The minimum atomic E-state index is 0.134. The highest BCUT2D eigenvalue weighted by Gasteiger charge is 2.18. The zero-order valence-corrected chi connectivity index (χ0v) is 12.3. The van der Waals surface area contributed by atoms with Gasteiger partial charge >= 0.3 is 0 Å². The molecule has 1 aromatic carbocycles. The third kappa shape index (κ3) is 2.50. The average molecular weight is 270 g/mol. The van der Waals surface area contributed by atoms with Crippen molar-refractivity contribution in [2.24, 2.45) is 5.92 Å². The smallest absolute Gasteiger partial charge is 0.189 e. The minimum Gasteiger partial charge on any atom is -0.344 e. The van der Waals surface area contributed by atoms with E-state index >= 15 is 0 Å². The molecule has 2 aromatic rings. The maximum absolute atomic E-state index is 12.1. The highest BCUT2D eigenvalue weighted by molar-refractivity contribution is 5.79. The summed E-state index contributed by atoms with van der Waals surface area (Å²) in [6.07, 6.45) is 2.56. The molecule has 1 aromatic heterocycles. The third-order valence-corrected chi connectivity index (χ3v) is 4.39. The Morgan fingerprint density at radius 3 is 2.90 bits per heavy atom. The van der Waals surface area contributed by atoms with Crippen LogP contribution in [-0.2, 0) is 6.54 Å². The molecule has 0 N–H and O–H groups in total. The standard InChI is InChI=1S/C17H22N2O/c1-13-10-17(20)15-7-3-4-8-16(15)19(13)12-14-6-5-9-18(2)11-14/h3-4,7-8,10,14H,5-6,9,11-12H2,1-2H3/t14-/m1/s1. The van der Waals surface area contributed by atoms with E-state index in [2.05, 4.69) is 22.6 Å². The quantitative estimate of drug-likeness (QED) is 0.838. The monoisotopic (exact) mass is 270 g/mol. The van der Waals surface area contributed by atoms with E-state index in [-0.39, 0.29) is 5.43 Å². The van der Waals surface area contributed by atoms with Gasteiger partial charge in [-0.15, -0.1) is 0 Å². The van der Waals surface area contributed by atoms with Crippen molar-refractivity contribution in [3.8, 4) is 0 Å². The van der Waals surface area contributed by atoms with Crippen molar-refractivity contribution in [2.75, 3.05) is 20.1 Å². The maximum atomic E-state index is 12.1. The van der Waals surface area contributed by atoms with Gasteiger partial charge in [-0.05, 0) is 51.4 Å². The molecule has 0 spiro atoms. The van der Waals surface area contributed by atoms with Gasteiger partial charge in [-0.2, -0.15) is 0 Å². The number of benzene rings is 1. The van der Waals surface area contributed by atoms with Crippen LogP contribution < -0.4 is 5.43 Å². The molecule has 1 fully saturated rings. The summed E-state index contributed by atoms with van der Waals surface area (Å²) >= 11 is 0. The molecule has 20 heavy (non-hydrogen) atoms. The van der Waals surface area contributed by atoms with Crippen LogP contribution in [0.1, 0.15) is 18.5 Å². The van der Waals surface area contributed by atoms with E-state index in [1.807, 2.05) is 25.1 Å². The van der Waals surface area contributed by atoms with Gasteiger partial charge in [-0.3, -0.25) is 4.79 Å². The molecule has 3 nitrogen and oxygen atoms in total. The van der Waals surface area contributed by atoms with Crippen LogP contribution in [-0.4, -0.2) is 29.6 Å². The van der Waals surface area contributed by atoms with Crippen LogP contribution in [0.15, 0.2) is 35.1 Å². The second-order valence-corrected chi connectivity index (χ2v) is 6.05. The Bertz CT molecular complexity index is 674. The Morgan fingerprint density at radius 2 is 2.10 bits per heavy atom. The Hall–Kier alpha value is -1.61. The Balaban J connectivity index is 2.00. The van der Waals surface area contributed by atoms with E-state index < -0.39 is 0 Å². The van der Waals surface area contributed by atoms with Gasteiger partial charge in [0.15, 0.2) is 5.43 Å². The lowest BCUT2D eigenvalue weighted by atomic mass is 9.98. The molecule has 3 rings (SSSR count). The second-order valence-electron chi connectivity index (χ2n) is 6.05. The molecular weight excluding hydrogens is 248 g/mol. The first-order chi connectivity index (χ1) is 9.65. The van der Waals surface area contributed by atoms with Crippen LogP contribution in [0.5, 0.6) is 0 Å². The number of fused-ring (bicyclic) bond motifs is 1. The van der Waals surface area contributed by atoms with E-state index in [1.165, 1.54) is 19.4 Å². The lowest BCUT2D eigenvalue weighted by molar-refractivity contribution is 0.195. The zero-order chi connectivity index (χ0) is 14.1. The summed E-state index contributed by atoms with van der Waals surface area (Å²) in [5, 5.41) is 0.835. The van der Waals surface area contributed by atoms with Crippen molar-refractivity contribution in [3.05, 3.63) is 46.2 Å².